The quantitative estimate of drug-likeness (QED) is 0.563. The molecule has 0 aliphatic heterocycles. The maximum absolute atomic E-state index is 12.0. The van der Waals surface area contributed by atoms with Crippen LogP contribution in [0, 0.1) is 6.92 Å². The molecule has 0 saturated carbocycles. The van der Waals surface area contributed by atoms with Gasteiger partial charge in [-0.1, -0.05) is 35.4 Å². The summed E-state index contributed by atoms with van der Waals surface area (Å²) in [4.78, 5) is 23.7. The smallest absolute Gasteiger partial charge is 0.276 e. The van der Waals surface area contributed by atoms with Gasteiger partial charge in [-0.05, 0) is 49.5 Å². The third-order valence-electron chi connectivity index (χ3n) is 3.02. The van der Waals surface area contributed by atoms with E-state index in [-0.39, 0.29) is 11.7 Å². The Kier molecular flexibility index (Phi) is 6.73. The number of aryl methyl sites for hydroxylation is 1. The van der Waals surface area contributed by atoms with Crippen molar-refractivity contribution in [1.82, 2.24) is 16.2 Å². The summed E-state index contributed by atoms with van der Waals surface area (Å²) in [7, 11) is 0. The van der Waals surface area contributed by atoms with Gasteiger partial charge >= 0.3 is 0 Å². The summed E-state index contributed by atoms with van der Waals surface area (Å²) in [6, 6.07) is 13.7. The molecule has 2 aromatic carbocycles. The fourth-order valence-electron chi connectivity index (χ4n) is 1.78. The molecule has 0 aromatic heterocycles. The number of hydrazine groups is 1. The monoisotopic (exact) mass is 377 g/mol. The number of ether oxygens (including phenoxy) is 1. The van der Waals surface area contributed by atoms with E-state index < -0.39 is 11.8 Å². The first-order valence-electron chi connectivity index (χ1n) is 7.29. The lowest BCUT2D eigenvalue weighted by atomic mass is 10.2. The molecule has 2 amide bonds. The van der Waals surface area contributed by atoms with Crippen LogP contribution >= 0.6 is 23.8 Å². The highest BCUT2D eigenvalue weighted by Crippen LogP contribution is 2.11. The summed E-state index contributed by atoms with van der Waals surface area (Å²) in [5, 5.41) is 2.82. The summed E-state index contributed by atoms with van der Waals surface area (Å²) in [6.45, 7) is 1.76. The van der Waals surface area contributed by atoms with Crippen LogP contribution in [0.2, 0.25) is 5.02 Å². The van der Waals surface area contributed by atoms with E-state index in [1.54, 1.807) is 30.3 Å². The molecular formula is C17H16ClN3O3S. The molecule has 0 aliphatic carbocycles. The average molecular weight is 378 g/mol. The second-order valence-electron chi connectivity index (χ2n) is 5.07. The molecule has 6 nitrogen and oxygen atoms in total. The van der Waals surface area contributed by atoms with Crippen molar-refractivity contribution in [1.29, 1.82) is 0 Å². The molecule has 25 heavy (non-hydrogen) atoms. The number of benzene rings is 2. The summed E-state index contributed by atoms with van der Waals surface area (Å²) in [5.41, 5.74) is 6.22. The van der Waals surface area contributed by atoms with Crippen LogP contribution in [-0.2, 0) is 4.79 Å². The van der Waals surface area contributed by atoms with Crippen molar-refractivity contribution in [3.8, 4) is 5.75 Å². The van der Waals surface area contributed by atoms with Crippen LogP contribution in [0.5, 0.6) is 5.75 Å². The Morgan fingerprint density at radius 1 is 1.12 bits per heavy atom. The number of hydrogen-bond donors (Lipinski definition) is 3. The largest absolute Gasteiger partial charge is 0.484 e. The van der Waals surface area contributed by atoms with Gasteiger partial charge in [-0.3, -0.25) is 25.8 Å². The van der Waals surface area contributed by atoms with E-state index in [0.717, 1.165) is 5.56 Å². The summed E-state index contributed by atoms with van der Waals surface area (Å²) >= 11 is 10.8. The number of rotatable bonds is 4. The number of halogens is 1. The average Bonchev–Trinajstić information content (AvgIpc) is 2.59. The molecule has 0 unspecified atom stereocenters. The lowest BCUT2D eigenvalue weighted by Crippen LogP contribution is -2.49. The number of carbonyl (C=O) groups excluding carboxylic acids is 2. The molecule has 8 heteroatoms. The van der Waals surface area contributed by atoms with Crippen LogP contribution in [0.1, 0.15) is 15.9 Å². The molecule has 0 atom stereocenters. The van der Waals surface area contributed by atoms with Crippen LogP contribution in [-0.4, -0.2) is 23.5 Å². The number of hydrogen-bond acceptors (Lipinski definition) is 4. The zero-order valence-corrected chi connectivity index (χ0v) is 14.9. The summed E-state index contributed by atoms with van der Waals surface area (Å²) in [6.07, 6.45) is 0. The molecule has 0 fully saturated rings. The van der Waals surface area contributed by atoms with Gasteiger partial charge in [0.2, 0.25) is 0 Å². The summed E-state index contributed by atoms with van der Waals surface area (Å²) in [5.74, 6) is -0.303. The maximum Gasteiger partial charge on any atom is 0.276 e. The minimum absolute atomic E-state index is 0.0475. The van der Waals surface area contributed by atoms with Gasteiger partial charge in [0, 0.05) is 10.6 Å². The molecule has 3 N–H and O–H groups in total. The zero-order chi connectivity index (χ0) is 18.2. The van der Waals surface area contributed by atoms with Crippen molar-refractivity contribution in [3.05, 3.63) is 64.7 Å². The van der Waals surface area contributed by atoms with Gasteiger partial charge in [-0.2, -0.15) is 0 Å². The first-order chi connectivity index (χ1) is 11.9. The second kappa shape index (κ2) is 9.00. The first kappa shape index (κ1) is 18.7. The van der Waals surface area contributed by atoms with Crippen molar-refractivity contribution < 1.29 is 14.3 Å². The fraction of sp³-hybridized carbons (Fsp3) is 0.118. The Balaban J connectivity index is 1.72. The second-order valence-corrected chi connectivity index (χ2v) is 5.91. The Morgan fingerprint density at radius 2 is 1.84 bits per heavy atom. The van der Waals surface area contributed by atoms with Crippen molar-refractivity contribution in [2.24, 2.45) is 0 Å². The van der Waals surface area contributed by atoms with Crippen LogP contribution < -0.4 is 20.9 Å². The van der Waals surface area contributed by atoms with E-state index in [1.165, 1.54) is 6.07 Å². The highest BCUT2D eigenvalue weighted by Gasteiger charge is 2.09. The maximum atomic E-state index is 12.0. The minimum atomic E-state index is -0.445. The fourth-order valence-corrected chi connectivity index (χ4v) is 2.12. The van der Waals surface area contributed by atoms with Gasteiger partial charge in [-0.15, -0.1) is 0 Å². The van der Waals surface area contributed by atoms with E-state index in [2.05, 4.69) is 16.2 Å². The van der Waals surface area contributed by atoms with Crippen molar-refractivity contribution in [2.45, 2.75) is 6.92 Å². The third-order valence-corrected chi connectivity index (χ3v) is 3.46. The topological polar surface area (TPSA) is 79.5 Å². The van der Waals surface area contributed by atoms with Gasteiger partial charge in [0.1, 0.15) is 5.75 Å². The molecule has 0 radical (unpaired) electrons. The zero-order valence-electron chi connectivity index (χ0n) is 13.3. The molecule has 0 spiro atoms. The molecule has 2 rings (SSSR count). The highest BCUT2D eigenvalue weighted by atomic mass is 35.5. The van der Waals surface area contributed by atoms with Crippen LogP contribution in [0.25, 0.3) is 0 Å². The van der Waals surface area contributed by atoms with Crippen LogP contribution in [0.15, 0.2) is 48.5 Å². The Bertz CT molecular complexity index is 781. The standard InChI is InChI=1S/C17H16ClN3O3S/c1-11-5-7-14(8-6-11)24-10-15(22)20-21-17(25)19-16(23)12-3-2-4-13(18)9-12/h2-9H,10H2,1H3,(H,20,22)(H2,19,21,23,25). The van der Waals surface area contributed by atoms with Gasteiger partial charge < -0.3 is 4.74 Å². The number of carbonyl (C=O) groups is 2. The first-order valence-corrected chi connectivity index (χ1v) is 8.08. The Morgan fingerprint density at radius 3 is 2.52 bits per heavy atom. The number of nitrogens with one attached hydrogen (secondary N) is 3. The Hall–Kier alpha value is -2.64. The molecule has 130 valence electrons. The lowest BCUT2D eigenvalue weighted by molar-refractivity contribution is -0.123. The molecular weight excluding hydrogens is 362 g/mol. The van der Waals surface area contributed by atoms with Crippen molar-refractivity contribution >= 4 is 40.7 Å². The highest BCUT2D eigenvalue weighted by molar-refractivity contribution is 7.80. The molecule has 0 saturated heterocycles. The molecule has 0 aliphatic rings. The van der Waals surface area contributed by atoms with Crippen molar-refractivity contribution in [2.75, 3.05) is 6.61 Å². The summed E-state index contributed by atoms with van der Waals surface area (Å²) < 4.78 is 5.32. The van der Waals surface area contributed by atoms with E-state index in [1.807, 2.05) is 19.1 Å². The number of thiocarbonyl (C=S) groups is 1. The SMILES string of the molecule is Cc1ccc(OCC(=O)NNC(=S)NC(=O)c2cccc(Cl)c2)cc1. The van der Waals surface area contributed by atoms with Gasteiger partial charge in [0.15, 0.2) is 11.7 Å². The van der Waals surface area contributed by atoms with Gasteiger partial charge in [-0.25, -0.2) is 0 Å². The van der Waals surface area contributed by atoms with E-state index in [0.29, 0.717) is 16.3 Å². The van der Waals surface area contributed by atoms with Gasteiger partial charge in [0.05, 0.1) is 0 Å². The van der Waals surface area contributed by atoms with Crippen LogP contribution in [0.3, 0.4) is 0 Å². The third kappa shape index (κ3) is 6.40. The molecule has 0 bridgehead atoms. The predicted molar refractivity (Wildman–Crippen MR) is 99.5 cm³/mol. The van der Waals surface area contributed by atoms with E-state index in [4.69, 9.17) is 28.6 Å². The van der Waals surface area contributed by atoms with Crippen molar-refractivity contribution in [3.63, 3.8) is 0 Å². The lowest BCUT2D eigenvalue weighted by Gasteiger charge is -2.11. The normalized spacial score (nSPS) is 9.84. The predicted octanol–water partition coefficient (Wildman–Crippen LogP) is 2.36. The Labute approximate surface area is 155 Å². The van der Waals surface area contributed by atoms with E-state index >= 15 is 0 Å². The van der Waals surface area contributed by atoms with E-state index in [9.17, 15) is 9.59 Å². The minimum Gasteiger partial charge on any atom is -0.484 e. The van der Waals surface area contributed by atoms with Crippen LogP contribution in [0.4, 0.5) is 0 Å². The molecule has 0 heterocycles. The molecule has 2 aromatic rings. The number of amides is 2. The van der Waals surface area contributed by atoms with Gasteiger partial charge in [0.25, 0.3) is 11.8 Å².